The summed E-state index contributed by atoms with van der Waals surface area (Å²) in [5, 5.41) is 2.79. The Balaban J connectivity index is 1.80. The molecule has 0 aromatic heterocycles. The van der Waals surface area contributed by atoms with Gasteiger partial charge in [0.25, 0.3) is 5.91 Å². The minimum atomic E-state index is -0.335. The molecule has 1 aliphatic heterocycles. The Morgan fingerprint density at radius 2 is 2.07 bits per heavy atom. The number of amides is 1. The molecule has 0 spiro atoms. The maximum Gasteiger partial charge on any atom is 0.257 e. The van der Waals surface area contributed by atoms with Gasteiger partial charge >= 0.3 is 0 Å². The Labute approximate surface area is 83.1 Å². The van der Waals surface area contributed by atoms with Crippen LogP contribution in [0.4, 0.5) is 0 Å². The smallest absolute Gasteiger partial charge is 0.257 e. The molecule has 1 aliphatic rings. The van der Waals surface area contributed by atoms with Crippen LogP contribution in [0.2, 0.25) is 0 Å². The predicted molar refractivity (Wildman–Crippen MR) is 52.3 cm³/mol. The van der Waals surface area contributed by atoms with Gasteiger partial charge < -0.3 is 10.1 Å². The zero-order valence-electron chi connectivity index (χ0n) is 7.77. The fourth-order valence-electron chi connectivity index (χ4n) is 1.26. The van der Waals surface area contributed by atoms with Crippen molar-refractivity contribution in [3.8, 4) is 0 Å². The molecule has 14 heavy (non-hydrogen) atoms. The lowest BCUT2D eigenvalue weighted by Crippen LogP contribution is -2.28. The van der Waals surface area contributed by atoms with Gasteiger partial charge in [0.05, 0.1) is 6.92 Å². The molecule has 1 heterocycles. The molecule has 1 N–H and O–H groups in total. The number of benzene rings is 1. The van der Waals surface area contributed by atoms with Crippen LogP contribution in [0, 0.1) is 6.92 Å². The normalized spacial score (nSPS) is 24.3. The first-order valence-electron chi connectivity index (χ1n) is 4.57. The van der Waals surface area contributed by atoms with Gasteiger partial charge in [0.2, 0.25) is 12.2 Å². The van der Waals surface area contributed by atoms with Crippen molar-refractivity contribution in [1.29, 1.82) is 0 Å². The highest BCUT2D eigenvalue weighted by molar-refractivity contribution is 5.83. The molecule has 0 unspecified atom stereocenters. The van der Waals surface area contributed by atoms with E-state index in [0.29, 0.717) is 6.54 Å². The van der Waals surface area contributed by atoms with Crippen LogP contribution < -0.4 is 5.32 Å². The van der Waals surface area contributed by atoms with Gasteiger partial charge in [-0.2, -0.15) is 0 Å². The second kappa shape index (κ2) is 3.72. The van der Waals surface area contributed by atoms with Crippen LogP contribution in [0.1, 0.15) is 5.56 Å². The van der Waals surface area contributed by atoms with Gasteiger partial charge in [-0.15, -0.1) is 0 Å². The minimum Gasteiger partial charge on any atom is -0.350 e. The Morgan fingerprint density at radius 3 is 2.64 bits per heavy atom. The molecule has 0 saturated carbocycles. The van der Waals surface area contributed by atoms with Gasteiger partial charge in [-0.1, -0.05) is 30.3 Å². The predicted octanol–water partition coefficient (Wildman–Crippen LogP) is 0.904. The summed E-state index contributed by atoms with van der Waals surface area (Å²) in [6, 6.07) is 9.77. The Kier molecular flexibility index (Phi) is 2.41. The number of hydrogen-bond acceptors (Lipinski definition) is 2. The molecular formula is C11H12NO2+. The Bertz CT molecular complexity index is 323. The first-order chi connectivity index (χ1) is 6.77. The quantitative estimate of drug-likeness (QED) is 0.568. The topological polar surface area (TPSA) is 41.6 Å². The Hall–Kier alpha value is -1.48. The van der Waals surface area contributed by atoms with Crippen LogP contribution in [0.15, 0.2) is 30.3 Å². The third-order valence-corrected chi connectivity index (χ3v) is 2.15. The van der Waals surface area contributed by atoms with E-state index in [2.05, 4.69) is 12.2 Å². The monoisotopic (exact) mass is 190 g/mol. The molecule has 1 fully saturated rings. The fourth-order valence-corrected chi connectivity index (χ4v) is 1.26. The van der Waals surface area contributed by atoms with E-state index in [1.54, 1.807) is 0 Å². The molecule has 1 aromatic carbocycles. The number of rotatable bonds is 3. The van der Waals surface area contributed by atoms with Gasteiger partial charge in [-0.05, 0) is 5.56 Å². The molecule has 2 atom stereocenters. The summed E-state index contributed by atoms with van der Waals surface area (Å²) in [6.45, 7) is 4.17. The summed E-state index contributed by atoms with van der Waals surface area (Å²) in [7, 11) is 0. The van der Waals surface area contributed by atoms with E-state index >= 15 is 0 Å². The molecule has 1 saturated heterocycles. The number of ether oxygens (including phenoxy) is 1. The molecule has 1 amide bonds. The van der Waals surface area contributed by atoms with Crippen molar-refractivity contribution in [2.75, 3.05) is 0 Å². The van der Waals surface area contributed by atoms with E-state index in [4.69, 9.17) is 4.74 Å². The van der Waals surface area contributed by atoms with Crippen molar-refractivity contribution in [3.63, 3.8) is 0 Å². The molecule has 0 radical (unpaired) electrons. The summed E-state index contributed by atoms with van der Waals surface area (Å²) in [5.74, 6) is -0.0751. The molecule has 72 valence electrons. The zero-order chi connectivity index (χ0) is 9.97. The van der Waals surface area contributed by atoms with Crippen LogP contribution in [0.5, 0.6) is 0 Å². The highest BCUT2D eigenvalue weighted by atomic mass is 16.6. The molecule has 0 aliphatic carbocycles. The largest absolute Gasteiger partial charge is 0.350 e. The highest BCUT2D eigenvalue weighted by Gasteiger charge is 2.47. The lowest BCUT2D eigenvalue weighted by molar-refractivity contribution is -0.122. The van der Waals surface area contributed by atoms with E-state index in [9.17, 15) is 4.79 Å². The summed E-state index contributed by atoms with van der Waals surface area (Å²) >= 11 is 0. The summed E-state index contributed by atoms with van der Waals surface area (Å²) in [5.41, 5.74) is 1.09. The Morgan fingerprint density at radius 1 is 1.43 bits per heavy atom. The van der Waals surface area contributed by atoms with Crippen LogP contribution in [-0.4, -0.2) is 18.1 Å². The first-order valence-corrected chi connectivity index (χ1v) is 4.57. The van der Waals surface area contributed by atoms with Crippen molar-refractivity contribution in [1.82, 2.24) is 5.32 Å². The van der Waals surface area contributed by atoms with Gasteiger partial charge in [0, 0.05) is 6.54 Å². The molecular weight excluding hydrogens is 178 g/mol. The second-order valence-electron chi connectivity index (χ2n) is 3.30. The van der Waals surface area contributed by atoms with Crippen molar-refractivity contribution < 1.29 is 9.53 Å². The first kappa shape index (κ1) is 9.09. The second-order valence-corrected chi connectivity index (χ2v) is 3.30. The summed E-state index contributed by atoms with van der Waals surface area (Å²) in [6.07, 6.45) is -0.496. The SMILES string of the molecule is [CH2+][C@@H]1O[C@H]1C(=O)NCc1ccccc1. The van der Waals surface area contributed by atoms with E-state index in [-0.39, 0.29) is 18.1 Å². The number of carbonyl (C=O) groups excluding carboxylic acids is 1. The molecule has 1 aromatic rings. The maximum absolute atomic E-state index is 11.3. The zero-order valence-corrected chi connectivity index (χ0v) is 7.77. The van der Waals surface area contributed by atoms with E-state index in [0.717, 1.165) is 5.56 Å². The maximum atomic E-state index is 11.3. The average Bonchev–Trinajstić information content (AvgIpc) is 2.94. The van der Waals surface area contributed by atoms with Crippen molar-refractivity contribution in [3.05, 3.63) is 42.8 Å². The highest BCUT2D eigenvalue weighted by Crippen LogP contribution is 2.20. The third-order valence-electron chi connectivity index (χ3n) is 2.15. The van der Waals surface area contributed by atoms with Gasteiger partial charge in [0.15, 0.2) is 0 Å². The minimum absolute atomic E-state index is 0.0751. The standard InChI is InChI=1S/C11H11NO2/c1-8-10(14-8)11(13)12-7-9-5-3-2-4-6-9/h2-6,8,10H,1,7H2/p+1/t8-,10+/m0/s1. The number of nitrogens with one attached hydrogen (secondary N) is 1. The van der Waals surface area contributed by atoms with Gasteiger partial charge in [-0.25, -0.2) is 0 Å². The summed E-state index contributed by atoms with van der Waals surface area (Å²) in [4.78, 5) is 11.3. The summed E-state index contributed by atoms with van der Waals surface area (Å²) < 4.78 is 4.94. The molecule has 0 bridgehead atoms. The van der Waals surface area contributed by atoms with Crippen LogP contribution in [0.25, 0.3) is 0 Å². The number of carbonyl (C=O) groups is 1. The lowest BCUT2D eigenvalue weighted by atomic mass is 10.2. The van der Waals surface area contributed by atoms with Gasteiger partial charge in [0.1, 0.15) is 0 Å². The van der Waals surface area contributed by atoms with E-state index in [1.807, 2.05) is 30.3 Å². The molecule has 2 rings (SSSR count). The van der Waals surface area contributed by atoms with Gasteiger partial charge in [-0.3, -0.25) is 4.79 Å². The average molecular weight is 190 g/mol. The molecule has 3 heteroatoms. The van der Waals surface area contributed by atoms with E-state index < -0.39 is 0 Å². The number of hydrogen-bond donors (Lipinski definition) is 1. The fraction of sp³-hybridized carbons (Fsp3) is 0.273. The number of epoxide rings is 1. The van der Waals surface area contributed by atoms with Crippen molar-refractivity contribution in [2.45, 2.75) is 18.8 Å². The van der Waals surface area contributed by atoms with Crippen LogP contribution in [-0.2, 0) is 16.1 Å². The third kappa shape index (κ3) is 2.06. The van der Waals surface area contributed by atoms with Crippen molar-refractivity contribution >= 4 is 5.91 Å². The molecule has 3 nitrogen and oxygen atoms in total. The lowest BCUT2D eigenvalue weighted by Gasteiger charge is -2.01. The van der Waals surface area contributed by atoms with Crippen LogP contribution in [0.3, 0.4) is 0 Å². The van der Waals surface area contributed by atoms with E-state index in [1.165, 1.54) is 0 Å². The van der Waals surface area contributed by atoms with Crippen molar-refractivity contribution in [2.24, 2.45) is 0 Å². The van der Waals surface area contributed by atoms with Crippen LogP contribution >= 0.6 is 0 Å².